The number of hydrogen-bond donors (Lipinski definition) is 2. The number of carbonyl (C=O) groups is 2. The lowest BCUT2D eigenvalue weighted by atomic mass is 9.95. The minimum absolute atomic E-state index is 0.0160. The lowest BCUT2D eigenvalue weighted by molar-refractivity contribution is -0.142. The van der Waals surface area contributed by atoms with Crippen LogP contribution in [0.2, 0.25) is 0 Å². The zero-order valence-electron chi connectivity index (χ0n) is 12.1. The number of aliphatic carboxylic acids is 1. The van der Waals surface area contributed by atoms with E-state index < -0.39 is 11.9 Å². The van der Waals surface area contributed by atoms with Gasteiger partial charge in [-0.15, -0.1) is 0 Å². The van der Waals surface area contributed by atoms with Crippen LogP contribution in [0.3, 0.4) is 0 Å². The first-order valence-corrected chi connectivity index (χ1v) is 7.38. The highest BCUT2D eigenvalue weighted by molar-refractivity contribution is 5.84. The highest BCUT2D eigenvalue weighted by Gasteiger charge is 2.39. The number of carbonyl (C=O) groups excluding carboxylic acids is 1. The maximum atomic E-state index is 12.6. The number of carboxylic acids is 1. The fourth-order valence-electron chi connectivity index (χ4n) is 3.32. The molecule has 0 spiro atoms. The molecule has 1 aromatic rings. The topological polar surface area (TPSA) is 69.6 Å². The van der Waals surface area contributed by atoms with Crippen LogP contribution in [0.4, 0.5) is 0 Å². The maximum absolute atomic E-state index is 12.6. The van der Waals surface area contributed by atoms with Crippen LogP contribution in [-0.2, 0) is 22.6 Å². The Morgan fingerprint density at radius 2 is 1.95 bits per heavy atom. The van der Waals surface area contributed by atoms with Crippen LogP contribution >= 0.6 is 0 Å². The zero-order chi connectivity index (χ0) is 15.0. The fraction of sp³-hybridized carbons (Fsp3) is 0.500. The van der Waals surface area contributed by atoms with E-state index in [1.807, 2.05) is 19.1 Å². The SMILES string of the molecule is C[C@@H]1CN(C(=O)C2Cc3ccccc3CN2)C[C@H]1C(=O)O. The van der Waals surface area contributed by atoms with Crippen LogP contribution in [0.1, 0.15) is 18.1 Å². The molecule has 1 unspecified atom stereocenters. The summed E-state index contributed by atoms with van der Waals surface area (Å²) in [4.78, 5) is 25.5. The van der Waals surface area contributed by atoms with Gasteiger partial charge in [0.05, 0.1) is 12.0 Å². The van der Waals surface area contributed by atoms with Gasteiger partial charge in [0.15, 0.2) is 0 Å². The Morgan fingerprint density at radius 3 is 2.62 bits per heavy atom. The molecule has 1 aromatic carbocycles. The molecule has 3 atom stereocenters. The highest BCUT2D eigenvalue weighted by atomic mass is 16.4. The van der Waals surface area contributed by atoms with Gasteiger partial charge in [0, 0.05) is 19.6 Å². The summed E-state index contributed by atoms with van der Waals surface area (Å²) in [5.74, 6) is -1.20. The van der Waals surface area contributed by atoms with Crippen LogP contribution in [0, 0.1) is 11.8 Å². The van der Waals surface area contributed by atoms with E-state index in [-0.39, 0.29) is 17.9 Å². The summed E-state index contributed by atoms with van der Waals surface area (Å²) in [7, 11) is 0. The number of amides is 1. The molecule has 1 fully saturated rings. The average molecular weight is 288 g/mol. The van der Waals surface area contributed by atoms with Gasteiger partial charge in [-0.05, 0) is 23.5 Å². The summed E-state index contributed by atoms with van der Waals surface area (Å²) >= 11 is 0. The number of nitrogens with zero attached hydrogens (tertiary/aromatic N) is 1. The number of fused-ring (bicyclic) bond motifs is 1. The summed E-state index contributed by atoms with van der Waals surface area (Å²) in [6, 6.07) is 7.89. The second-order valence-corrected chi connectivity index (χ2v) is 6.07. The molecule has 2 aliphatic heterocycles. The number of rotatable bonds is 2. The van der Waals surface area contributed by atoms with E-state index in [9.17, 15) is 14.7 Å². The van der Waals surface area contributed by atoms with Crippen LogP contribution < -0.4 is 5.32 Å². The Hall–Kier alpha value is -1.88. The van der Waals surface area contributed by atoms with Crippen molar-refractivity contribution in [3.8, 4) is 0 Å². The summed E-state index contributed by atoms with van der Waals surface area (Å²) in [5.41, 5.74) is 2.44. The summed E-state index contributed by atoms with van der Waals surface area (Å²) in [6.07, 6.45) is 0.678. The summed E-state index contributed by atoms with van der Waals surface area (Å²) in [6.45, 7) is 3.46. The molecular weight excluding hydrogens is 268 g/mol. The Balaban J connectivity index is 1.69. The maximum Gasteiger partial charge on any atom is 0.308 e. The van der Waals surface area contributed by atoms with E-state index in [2.05, 4.69) is 17.4 Å². The van der Waals surface area contributed by atoms with Crippen molar-refractivity contribution in [1.29, 1.82) is 0 Å². The first kappa shape index (κ1) is 14.1. The molecule has 2 N–H and O–H groups in total. The third kappa shape index (κ3) is 2.65. The van der Waals surface area contributed by atoms with Crippen molar-refractivity contribution in [2.24, 2.45) is 11.8 Å². The molecule has 2 heterocycles. The first-order valence-electron chi connectivity index (χ1n) is 7.38. The van der Waals surface area contributed by atoms with Crippen molar-refractivity contribution in [3.05, 3.63) is 35.4 Å². The predicted molar refractivity (Wildman–Crippen MR) is 77.6 cm³/mol. The molecule has 21 heavy (non-hydrogen) atoms. The number of carboxylic acid groups (broad SMARTS) is 1. The van der Waals surface area contributed by atoms with Gasteiger partial charge in [-0.25, -0.2) is 0 Å². The van der Waals surface area contributed by atoms with E-state index >= 15 is 0 Å². The highest BCUT2D eigenvalue weighted by Crippen LogP contribution is 2.25. The van der Waals surface area contributed by atoms with Crippen molar-refractivity contribution in [2.45, 2.75) is 25.9 Å². The van der Waals surface area contributed by atoms with E-state index in [1.54, 1.807) is 4.90 Å². The van der Waals surface area contributed by atoms with Crippen molar-refractivity contribution < 1.29 is 14.7 Å². The lowest BCUT2D eigenvalue weighted by Gasteiger charge is -2.29. The van der Waals surface area contributed by atoms with Gasteiger partial charge in [0.2, 0.25) is 5.91 Å². The summed E-state index contributed by atoms with van der Waals surface area (Å²) in [5, 5.41) is 12.4. The molecule has 3 rings (SSSR count). The number of hydrogen-bond acceptors (Lipinski definition) is 3. The normalized spacial score (nSPS) is 28.2. The molecule has 5 nitrogen and oxygen atoms in total. The Kier molecular flexibility index (Phi) is 3.68. The van der Waals surface area contributed by atoms with Gasteiger partial charge < -0.3 is 15.3 Å². The van der Waals surface area contributed by atoms with Gasteiger partial charge in [-0.1, -0.05) is 31.2 Å². The Morgan fingerprint density at radius 1 is 1.24 bits per heavy atom. The molecule has 1 amide bonds. The smallest absolute Gasteiger partial charge is 0.308 e. The monoisotopic (exact) mass is 288 g/mol. The first-order chi connectivity index (χ1) is 10.1. The van der Waals surface area contributed by atoms with E-state index in [4.69, 9.17) is 0 Å². The quantitative estimate of drug-likeness (QED) is 0.847. The van der Waals surface area contributed by atoms with Gasteiger partial charge in [-0.2, -0.15) is 0 Å². The van der Waals surface area contributed by atoms with E-state index in [0.29, 0.717) is 26.1 Å². The van der Waals surface area contributed by atoms with Gasteiger partial charge in [0.1, 0.15) is 0 Å². The third-order valence-electron chi connectivity index (χ3n) is 4.62. The van der Waals surface area contributed by atoms with Crippen LogP contribution in [0.25, 0.3) is 0 Å². The van der Waals surface area contributed by atoms with Crippen molar-refractivity contribution in [1.82, 2.24) is 10.2 Å². The number of benzene rings is 1. The van der Waals surface area contributed by atoms with Crippen molar-refractivity contribution in [2.75, 3.05) is 13.1 Å². The van der Waals surface area contributed by atoms with Crippen molar-refractivity contribution in [3.63, 3.8) is 0 Å². The lowest BCUT2D eigenvalue weighted by Crippen LogP contribution is -2.49. The molecule has 0 saturated carbocycles. The third-order valence-corrected chi connectivity index (χ3v) is 4.62. The van der Waals surface area contributed by atoms with E-state index in [0.717, 1.165) is 0 Å². The van der Waals surface area contributed by atoms with Crippen LogP contribution in [0.15, 0.2) is 24.3 Å². The standard InChI is InChI=1S/C16H20N2O3/c1-10-8-18(9-13(10)16(20)21)15(19)14-6-11-4-2-3-5-12(11)7-17-14/h2-5,10,13-14,17H,6-9H2,1H3,(H,20,21)/t10-,13-,14?/m1/s1. The molecule has 5 heteroatoms. The Bertz CT molecular complexity index is 572. The summed E-state index contributed by atoms with van der Waals surface area (Å²) < 4.78 is 0. The molecule has 0 radical (unpaired) electrons. The zero-order valence-corrected chi connectivity index (χ0v) is 12.1. The molecule has 0 bridgehead atoms. The molecule has 112 valence electrons. The Labute approximate surface area is 123 Å². The molecule has 2 aliphatic rings. The molecule has 0 aliphatic carbocycles. The average Bonchev–Trinajstić information content (AvgIpc) is 2.88. The van der Waals surface area contributed by atoms with Gasteiger partial charge >= 0.3 is 5.97 Å². The number of nitrogens with one attached hydrogen (secondary N) is 1. The predicted octanol–water partition coefficient (Wildman–Crippen LogP) is 0.880. The largest absolute Gasteiger partial charge is 0.481 e. The fourth-order valence-corrected chi connectivity index (χ4v) is 3.32. The molecule has 1 saturated heterocycles. The second kappa shape index (κ2) is 5.48. The van der Waals surface area contributed by atoms with Gasteiger partial charge in [-0.3, -0.25) is 9.59 Å². The van der Waals surface area contributed by atoms with Crippen LogP contribution in [0.5, 0.6) is 0 Å². The van der Waals surface area contributed by atoms with Crippen molar-refractivity contribution >= 4 is 11.9 Å². The number of likely N-dealkylation sites (tertiary alicyclic amines) is 1. The molecular formula is C16H20N2O3. The second-order valence-electron chi connectivity index (χ2n) is 6.07. The van der Waals surface area contributed by atoms with Crippen LogP contribution in [-0.4, -0.2) is 41.0 Å². The minimum atomic E-state index is -0.806. The van der Waals surface area contributed by atoms with Gasteiger partial charge in [0.25, 0.3) is 0 Å². The van der Waals surface area contributed by atoms with E-state index in [1.165, 1.54) is 11.1 Å². The molecule has 0 aromatic heterocycles. The minimum Gasteiger partial charge on any atom is -0.481 e.